The highest BCUT2D eigenvalue weighted by molar-refractivity contribution is 5.84. The lowest BCUT2D eigenvalue weighted by Crippen LogP contribution is -2.36. The van der Waals surface area contributed by atoms with Gasteiger partial charge in [-0.25, -0.2) is 14.0 Å². The molecular formula is C14H10N2O5. The third-order valence-corrected chi connectivity index (χ3v) is 3.04. The highest BCUT2D eigenvalue weighted by atomic mass is 16.4. The summed E-state index contributed by atoms with van der Waals surface area (Å²) in [5, 5.41) is 8.86. The Morgan fingerprint density at radius 2 is 1.90 bits per heavy atom. The van der Waals surface area contributed by atoms with Crippen molar-refractivity contribution in [2.24, 2.45) is 0 Å². The molecule has 0 aliphatic rings. The average molecular weight is 286 g/mol. The van der Waals surface area contributed by atoms with E-state index in [0.717, 1.165) is 26.8 Å². The van der Waals surface area contributed by atoms with Crippen molar-refractivity contribution in [1.82, 2.24) is 8.97 Å². The number of carboxylic acids is 1. The maximum Gasteiger partial charge on any atom is 0.373 e. The van der Waals surface area contributed by atoms with E-state index < -0.39 is 23.0 Å². The van der Waals surface area contributed by atoms with Crippen LogP contribution in [0.5, 0.6) is 0 Å². The van der Waals surface area contributed by atoms with Crippen molar-refractivity contribution < 1.29 is 14.3 Å². The number of aromatic carboxylic acids is 1. The fraction of sp³-hybridized carbons (Fsp3) is 0.0714. The Morgan fingerprint density at radius 1 is 1.19 bits per heavy atom. The van der Waals surface area contributed by atoms with Gasteiger partial charge in [0, 0.05) is 0 Å². The first-order valence-electron chi connectivity index (χ1n) is 6.09. The lowest BCUT2D eigenvalue weighted by Gasteiger charge is -2.04. The highest BCUT2D eigenvalue weighted by Gasteiger charge is 2.14. The molecule has 106 valence electrons. The van der Waals surface area contributed by atoms with Gasteiger partial charge in [-0.3, -0.25) is 9.36 Å². The molecule has 0 unspecified atom stereocenters. The summed E-state index contributed by atoms with van der Waals surface area (Å²) in [6.45, 7) is 0.106. The monoisotopic (exact) mass is 286 g/mol. The SMILES string of the molecule is O=C(O)c1cn2c(=O)n(Cc3ccccc3)c(=O)cc2o1. The maximum absolute atomic E-state index is 12.3. The molecule has 7 nitrogen and oxygen atoms in total. The van der Waals surface area contributed by atoms with Crippen molar-refractivity contribution in [2.75, 3.05) is 0 Å². The van der Waals surface area contributed by atoms with Gasteiger partial charge in [0.25, 0.3) is 5.56 Å². The summed E-state index contributed by atoms with van der Waals surface area (Å²) >= 11 is 0. The van der Waals surface area contributed by atoms with Gasteiger partial charge in [-0.05, 0) is 5.56 Å². The van der Waals surface area contributed by atoms with Crippen molar-refractivity contribution in [3.63, 3.8) is 0 Å². The second-order valence-corrected chi connectivity index (χ2v) is 4.45. The Hall–Kier alpha value is -3.09. The lowest BCUT2D eigenvalue weighted by atomic mass is 10.2. The predicted molar refractivity (Wildman–Crippen MR) is 72.7 cm³/mol. The molecule has 21 heavy (non-hydrogen) atoms. The molecule has 1 aromatic carbocycles. The van der Waals surface area contributed by atoms with Crippen molar-refractivity contribution >= 4 is 11.7 Å². The van der Waals surface area contributed by atoms with Gasteiger partial charge in [0.15, 0.2) is 0 Å². The van der Waals surface area contributed by atoms with Crippen LogP contribution < -0.4 is 11.2 Å². The fourth-order valence-electron chi connectivity index (χ4n) is 2.04. The number of fused-ring (bicyclic) bond motifs is 1. The van der Waals surface area contributed by atoms with Crippen LogP contribution in [-0.4, -0.2) is 20.0 Å². The average Bonchev–Trinajstić information content (AvgIpc) is 2.89. The van der Waals surface area contributed by atoms with Crippen LogP contribution in [-0.2, 0) is 6.54 Å². The second kappa shape index (κ2) is 4.78. The van der Waals surface area contributed by atoms with E-state index in [0.29, 0.717) is 0 Å². The molecule has 1 N–H and O–H groups in total. The van der Waals surface area contributed by atoms with Crippen molar-refractivity contribution in [1.29, 1.82) is 0 Å². The minimum absolute atomic E-state index is 0.0910. The first kappa shape index (κ1) is 12.9. The Morgan fingerprint density at radius 3 is 2.57 bits per heavy atom. The number of nitrogens with zero attached hydrogens (tertiary/aromatic N) is 2. The van der Waals surface area contributed by atoms with Crippen LogP contribution in [0.4, 0.5) is 0 Å². The van der Waals surface area contributed by atoms with Gasteiger partial charge in [-0.15, -0.1) is 0 Å². The van der Waals surface area contributed by atoms with Crippen molar-refractivity contribution in [3.8, 4) is 0 Å². The van der Waals surface area contributed by atoms with E-state index in [2.05, 4.69) is 0 Å². The van der Waals surface area contributed by atoms with E-state index in [1.165, 1.54) is 0 Å². The third-order valence-electron chi connectivity index (χ3n) is 3.04. The molecule has 2 aromatic heterocycles. The summed E-state index contributed by atoms with van der Waals surface area (Å²) in [6, 6.07) is 10.1. The van der Waals surface area contributed by atoms with Crippen LogP contribution in [0.25, 0.3) is 5.71 Å². The number of benzene rings is 1. The topological polar surface area (TPSA) is 93.9 Å². The van der Waals surface area contributed by atoms with Crippen LogP contribution in [0.15, 0.2) is 56.6 Å². The van der Waals surface area contributed by atoms with Crippen LogP contribution >= 0.6 is 0 Å². The zero-order valence-corrected chi connectivity index (χ0v) is 10.7. The summed E-state index contributed by atoms with van der Waals surface area (Å²) in [6.07, 6.45) is 1.06. The van der Waals surface area contributed by atoms with E-state index in [1.54, 1.807) is 24.3 Å². The number of rotatable bonds is 3. The first-order valence-corrected chi connectivity index (χ1v) is 6.09. The molecule has 0 bridgehead atoms. The van der Waals surface area contributed by atoms with Crippen LogP contribution in [0.3, 0.4) is 0 Å². The molecule has 0 aliphatic carbocycles. The number of carbonyl (C=O) groups is 1. The van der Waals surface area contributed by atoms with E-state index in [9.17, 15) is 14.4 Å². The standard InChI is InChI=1S/C14H10N2O5/c17-11-6-12-16(8-10(21-12)13(18)19)14(20)15(11)7-9-4-2-1-3-5-9/h1-6,8H,7H2,(H,18,19). The molecule has 0 amide bonds. The van der Waals surface area contributed by atoms with Crippen molar-refractivity contribution in [2.45, 2.75) is 6.54 Å². The van der Waals surface area contributed by atoms with Crippen LogP contribution in [0.2, 0.25) is 0 Å². The summed E-state index contributed by atoms with van der Waals surface area (Å²) in [5.74, 6) is -1.70. The van der Waals surface area contributed by atoms with Gasteiger partial charge < -0.3 is 9.52 Å². The van der Waals surface area contributed by atoms with E-state index in [-0.39, 0.29) is 12.3 Å². The Balaban J connectivity index is 2.17. The molecule has 0 saturated heterocycles. The van der Waals surface area contributed by atoms with E-state index >= 15 is 0 Å². The number of hydrogen-bond acceptors (Lipinski definition) is 4. The maximum atomic E-state index is 12.3. The third kappa shape index (κ3) is 2.25. The van der Waals surface area contributed by atoms with E-state index in [4.69, 9.17) is 9.52 Å². The predicted octanol–water partition coefficient (Wildman–Crippen LogP) is 0.801. The van der Waals surface area contributed by atoms with E-state index in [1.807, 2.05) is 6.07 Å². The normalized spacial score (nSPS) is 10.9. The Kier molecular flexibility index (Phi) is 2.94. The fourth-order valence-corrected chi connectivity index (χ4v) is 2.04. The summed E-state index contributed by atoms with van der Waals surface area (Å²) in [7, 11) is 0. The smallest absolute Gasteiger partial charge is 0.373 e. The minimum Gasteiger partial charge on any atom is -0.475 e. The Bertz CT molecular complexity index is 933. The second-order valence-electron chi connectivity index (χ2n) is 4.45. The van der Waals surface area contributed by atoms with Crippen LogP contribution in [0, 0.1) is 0 Å². The van der Waals surface area contributed by atoms with Gasteiger partial charge in [0.05, 0.1) is 18.8 Å². The largest absolute Gasteiger partial charge is 0.475 e. The molecule has 0 spiro atoms. The molecule has 3 aromatic rings. The number of hydrogen-bond donors (Lipinski definition) is 1. The first-order chi connectivity index (χ1) is 10.1. The van der Waals surface area contributed by atoms with Gasteiger partial charge in [0.2, 0.25) is 11.5 Å². The molecule has 2 heterocycles. The quantitative estimate of drug-likeness (QED) is 0.768. The van der Waals surface area contributed by atoms with Gasteiger partial charge in [0.1, 0.15) is 0 Å². The summed E-state index contributed by atoms with van der Waals surface area (Å²) < 4.78 is 6.97. The molecule has 0 aliphatic heterocycles. The zero-order valence-electron chi connectivity index (χ0n) is 10.7. The molecule has 0 saturated carbocycles. The van der Waals surface area contributed by atoms with Crippen LogP contribution in [0.1, 0.15) is 16.1 Å². The summed E-state index contributed by atoms with van der Waals surface area (Å²) in [5.41, 5.74) is -0.488. The van der Waals surface area contributed by atoms with Crippen molar-refractivity contribution in [3.05, 3.63) is 74.8 Å². The van der Waals surface area contributed by atoms with Gasteiger partial charge in [-0.1, -0.05) is 30.3 Å². The molecular weight excluding hydrogens is 276 g/mol. The molecule has 3 rings (SSSR count). The highest BCUT2D eigenvalue weighted by Crippen LogP contribution is 2.06. The Labute approximate surface area is 117 Å². The molecule has 0 radical (unpaired) electrons. The van der Waals surface area contributed by atoms with Gasteiger partial charge in [-0.2, -0.15) is 0 Å². The lowest BCUT2D eigenvalue weighted by molar-refractivity contribution is 0.0665. The number of aromatic nitrogens is 2. The minimum atomic E-state index is -1.31. The molecule has 0 fully saturated rings. The summed E-state index contributed by atoms with van der Waals surface area (Å²) in [4.78, 5) is 35.1. The molecule has 0 atom stereocenters. The van der Waals surface area contributed by atoms with Gasteiger partial charge >= 0.3 is 11.7 Å². The number of oxazole rings is 1. The molecule has 7 heteroatoms. The zero-order chi connectivity index (χ0) is 15.0. The number of carboxylic acid groups (broad SMARTS) is 1.